The number of carbonyl (C=O) groups is 1. The van der Waals surface area contributed by atoms with Crippen molar-refractivity contribution in [2.75, 3.05) is 24.5 Å². The summed E-state index contributed by atoms with van der Waals surface area (Å²) in [5, 5.41) is 2.97. The molecule has 2 aromatic rings. The number of amides is 1. The fourth-order valence-electron chi connectivity index (χ4n) is 3.25. The number of benzene rings is 2. The van der Waals surface area contributed by atoms with Gasteiger partial charge in [-0.25, -0.2) is 4.39 Å². The molecule has 2 atom stereocenters. The molecule has 27 heavy (non-hydrogen) atoms. The van der Waals surface area contributed by atoms with Crippen molar-refractivity contribution in [3.05, 3.63) is 58.9 Å². The van der Waals surface area contributed by atoms with Crippen LogP contribution in [-0.4, -0.2) is 31.6 Å². The molecule has 3 rings (SSSR count). The summed E-state index contributed by atoms with van der Waals surface area (Å²) < 4.78 is 19.4. The maximum atomic E-state index is 13.3. The molecule has 144 valence electrons. The summed E-state index contributed by atoms with van der Waals surface area (Å²) in [4.78, 5) is 14.1. The molecule has 1 aliphatic rings. The first-order valence-corrected chi connectivity index (χ1v) is 9.60. The first-order chi connectivity index (χ1) is 13.0. The molecule has 1 N–H and O–H groups in total. The Balaban J connectivity index is 1.58. The Morgan fingerprint density at radius 2 is 2.07 bits per heavy atom. The second kappa shape index (κ2) is 8.61. The standard InChI is InChI=1S/C21H24ClFN2O2/c1-3-24-21(26)14(2)15-4-7-17(8-5-15)27-18-10-11-25(13-18)16-6-9-20(23)19(22)12-16/h4-9,12,14,18H,3,10-11,13H2,1-2H3,(H,24,26). The molecule has 1 fully saturated rings. The highest BCUT2D eigenvalue weighted by Gasteiger charge is 2.25. The van der Waals surface area contributed by atoms with Gasteiger partial charge in [0.1, 0.15) is 17.7 Å². The van der Waals surface area contributed by atoms with Gasteiger partial charge >= 0.3 is 0 Å². The normalized spacial score (nSPS) is 17.6. The van der Waals surface area contributed by atoms with Crippen molar-refractivity contribution in [3.8, 4) is 5.75 Å². The second-order valence-corrected chi connectivity index (χ2v) is 7.17. The monoisotopic (exact) mass is 390 g/mol. The molecule has 1 amide bonds. The fourth-order valence-corrected chi connectivity index (χ4v) is 3.42. The molecular weight excluding hydrogens is 367 g/mol. The van der Waals surface area contributed by atoms with Crippen LogP contribution in [0.5, 0.6) is 5.75 Å². The number of nitrogens with zero attached hydrogens (tertiary/aromatic N) is 1. The minimum atomic E-state index is -0.408. The van der Waals surface area contributed by atoms with Crippen molar-refractivity contribution in [2.45, 2.75) is 32.3 Å². The maximum absolute atomic E-state index is 13.3. The van der Waals surface area contributed by atoms with Gasteiger partial charge in [-0.15, -0.1) is 0 Å². The summed E-state index contributed by atoms with van der Waals surface area (Å²) in [6.45, 7) is 5.98. The maximum Gasteiger partial charge on any atom is 0.227 e. The van der Waals surface area contributed by atoms with E-state index in [4.69, 9.17) is 16.3 Å². The molecule has 4 nitrogen and oxygen atoms in total. The average molecular weight is 391 g/mol. The minimum Gasteiger partial charge on any atom is -0.489 e. The van der Waals surface area contributed by atoms with Crippen LogP contribution in [-0.2, 0) is 4.79 Å². The SMILES string of the molecule is CCNC(=O)C(C)c1ccc(OC2CCN(c3ccc(F)c(Cl)c3)C2)cc1. The minimum absolute atomic E-state index is 0.0237. The van der Waals surface area contributed by atoms with Crippen molar-refractivity contribution in [1.29, 1.82) is 0 Å². The van der Waals surface area contributed by atoms with E-state index in [1.807, 2.05) is 38.1 Å². The molecular formula is C21H24ClFN2O2. The van der Waals surface area contributed by atoms with E-state index in [9.17, 15) is 9.18 Å². The van der Waals surface area contributed by atoms with Crippen molar-refractivity contribution in [3.63, 3.8) is 0 Å². The molecule has 0 saturated carbocycles. The van der Waals surface area contributed by atoms with Crippen molar-refractivity contribution in [1.82, 2.24) is 5.32 Å². The average Bonchev–Trinajstić information content (AvgIpc) is 3.12. The summed E-state index contributed by atoms with van der Waals surface area (Å²) in [7, 11) is 0. The van der Waals surface area contributed by atoms with Gasteiger partial charge in [-0.05, 0) is 49.7 Å². The Morgan fingerprint density at radius 1 is 1.33 bits per heavy atom. The van der Waals surface area contributed by atoms with Gasteiger partial charge < -0.3 is 15.0 Å². The number of rotatable bonds is 6. The van der Waals surface area contributed by atoms with E-state index in [-0.39, 0.29) is 23.0 Å². The van der Waals surface area contributed by atoms with Crippen LogP contribution in [0, 0.1) is 5.82 Å². The Bertz CT molecular complexity index is 797. The van der Waals surface area contributed by atoms with E-state index in [0.29, 0.717) is 6.54 Å². The topological polar surface area (TPSA) is 41.6 Å². The van der Waals surface area contributed by atoms with Crippen LogP contribution in [0.25, 0.3) is 0 Å². The summed E-state index contributed by atoms with van der Waals surface area (Å²) in [5.41, 5.74) is 1.86. The highest BCUT2D eigenvalue weighted by molar-refractivity contribution is 6.31. The predicted molar refractivity (Wildman–Crippen MR) is 106 cm³/mol. The van der Waals surface area contributed by atoms with Crippen LogP contribution < -0.4 is 15.0 Å². The van der Waals surface area contributed by atoms with E-state index in [2.05, 4.69) is 10.2 Å². The van der Waals surface area contributed by atoms with Crippen LogP contribution >= 0.6 is 11.6 Å². The van der Waals surface area contributed by atoms with Crippen LogP contribution in [0.3, 0.4) is 0 Å². The zero-order valence-corrected chi connectivity index (χ0v) is 16.3. The molecule has 6 heteroatoms. The van der Waals surface area contributed by atoms with Gasteiger partial charge in [0.15, 0.2) is 0 Å². The number of nitrogens with one attached hydrogen (secondary N) is 1. The molecule has 1 heterocycles. The first kappa shape index (κ1) is 19.5. The van der Waals surface area contributed by atoms with Gasteiger partial charge in [-0.1, -0.05) is 23.7 Å². The highest BCUT2D eigenvalue weighted by Crippen LogP contribution is 2.28. The van der Waals surface area contributed by atoms with Gasteiger partial charge in [-0.3, -0.25) is 4.79 Å². The lowest BCUT2D eigenvalue weighted by Gasteiger charge is -2.19. The predicted octanol–water partition coefficient (Wildman–Crippen LogP) is 4.38. The molecule has 0 bridgehead atoms. The van der Waals surface area contributed by atoms with Gasteiger partial charge in [0, 0.05) is 25.2 Å². The highest BCUT2D eigenvalue weighted by atomic mass is 35.5. The van der Waals surface area contributed by atoms with Crippen molar-refractivity contribution in [2.24, 2.45) is 0 Å². The Labute approximate surface area is 164 Å². The van der Waals surface area contributed by atoms with Crippen LogP contribution in [0.1, 0.15) is 31.7 Å². The molecule has 2 unspecified atom stereocenters. The number of likely N-dealkylation sites (N-methyl/N-ethyl adjacent to an activating group) is 1. The van der Waals surface area contributed by atoms with Crippen molar-refractivity contribution < 1.29 is 13.9 Å². The summed E-state index contributed by atoms with van der Waals surface area (Å²) in [5.74, 6) is 0.208. The molecule has 0 radical (unpaired) electrons. The quantitative estimate of drug-likeness (QED) is 0.796. The summed E-state index contributed by atoms with van der Waals surface area (Å²) >= 11 is 5.88. The van der Waals surface area contributed by atoms with E-state index >= 15 is 0 Å². The lowest BCUT2D eigenvalue weighted by Crippen LogP contribution is -2.27. The largest absolute Gasteiger partial charge is 0.489 e. The number of ether oxygens (including phenoxy) is 1. The number of hydrogen-bond acceptors (Lipinski definition) is 3. The van der Waals surface area contributed by atoms with E-state index in [0.717, 1.165) is 36.5 Å². The molecule has 1 aliphatic heterocycles. The van der Waals surface area contributed by atoms with Gasteiger partial charge in [0.2, 0.25) is 5.91 Å². The van der Waals surface area contributed by atoms with Gasteiger partial charge in [-0.2, -0.15) is 0 Å². The molecule has 2 aromatic carbocycles. The Morgan fingerprint density at radius 3 is 2.74 bits per heavy atom. The number of hydrogen-bond donors (Lipinski definition) is 1. The van der Waals surface area contributed by atoms with E-state index in [1.54, 1.807) is 12.1 Å². The zero-order chi connectivity index (χ0) is 19.4. The molecule has 1 saturated heterocycles. The fraction of sp³-hybridized carbons (Fsp3) is 0.381. The van der Waals surface area contributed by atoms with Crippen LogP contribution in [0.2, 0.25) is 5.02 Å². The molecule has 0 aromatic heterocycles. The van der Waals surface area contributed by atoms with E-state index in [1.165, 1.54) is 6.07 Å². The number of carbonyl (C=O) groups excluding carboxylic acids is 1. The summed E-state index contributed by atoms with van der Waals surface area (Å²) in [6.07, 6.45) is 0.937. The first-order valence-electron chi connectivity index (χ1n) is 9.22. The second-order valence-electron chi connectivity index (χ2n) is 6.76. The smallest absolute Gasteiger partial charge is 0.227 e. The number of anilines is 1. The van der Waals surface area contributed by atoms with Gasteiger partial charge in [0.25, 0.3) is 0 Å². The third kappa shape index (κ3) is 4.72. The molecule has 0 aliphatic carbocycles. The Hall–Kier alpha value is -2.27. The van der Waals surface area contributed by atoms with Crippen LogP contribution in [0.4, 0.5) is 10.1 Å². The van der Waals surface area contributed by atoms with E-state index < -0.39 is 5.82 Å². The third-order valence-corrected chi connectivity index (χ3v) is 5.13. The third-order valence-electron chi connectivity index (χ3n) is 4.84. The zero-order valence-electron chi connectivity index (χ0n) is 15.5. The van der Waals surface area contributed by atoms with Crippen molar-refractivity contribution >= 4 is 23.2 Å². The number of halogens is 2. The Kier molecular flexibility index (Phi) is 6.22. The molecule has 0 spiro atoms. The van der Waals surface area contributed by atoms with Crippen LogP contribution in [0.15, 0.2) is 42.5 Å². The lowest BCUT2D eigenvalue weighted by molar-refractivity contribution is -0.122. The van der Waals surface area contributed by atoms with Gasteiger partial charge in [0.05, 0.1) is 17.5 Å². The lowest BCUT2D eigenvalue weighted by atomic mass is 10.0. The summed E-state index contributed by atoms with van der Waals surface area (Å²) in [6, 6.07) is 12.5.